The van der Waals surface area contributed by atoms with Gasteiger partial charge in [0.05, 0.1) is 47.2 Å². The summed E-state index contributed by atoms with van der Waals surface area (Å²) in [5.41, 5.74) is 2.16. The summed E-state index contributed by atoms with van der Waals surface area (Å²) in [4.78, 5) is 13.2. The minimum Gasteiger partial charge on any atom is -0.495 e. The van der Waals surface area contributed by atoms with Crippen LogP contribution in [0.5, 0.6) is 5.75 Å². The molecule has 0 fully saturated rings. The monoisotopic (exact) mass is 395 g/mol. The molecular formula is C21H21N3O3S. The van der Waals surface area contributed by atoms with Gasteiger partial charge in [-0.15, -0.1) is 11.8 Å². The van der Waals surface area contributed by atoms with E-state index in [4.69, 9.17) is 9.15 Å². The smallest absolute Gasteiger partial charge is 0.254 e. The van der Waals surface area contributed by atoms with Gasteiger partial charge in [-0.05, 0) is 36.9 Å². The Kier molecular flexibility index (Phi) is 6.12. The Hall–Kier alpha value is -3.11. The minimum atomic E-state index is -0.579. The number of carbonyl (C=O) groups is 1. The topological polar surface area (TPSA) is 87.3 Å². The summed E-state index contributed by atoms with van der Waals surface area (Å²) < 4.78 is 10.9. The first-order valence-electron chi connectivity index (χ1n) is 8.83. The average Bonchev–Trinajstić information content (AvgIpc) is 3.22. The summed E-state index contributed by atoms with van der Waals surface area (Å²) in [5.74, 6) is 1.02. The van der Waals surface area contributed by atoms with Gasteiger partial charge >= 0.3 is 0 Å². The maximum absolute atomic E-state index is 13.2. The summed E-state index contributed by atoms with van der Waals surface area (Å²) in [6, 6.07) is 13.0. The highest BCUT2D eigenvalue weighted by Gasteiger charge is 2.36. The molecule has 2 N–H and O–H groups in total. The van der Waals surface area contributed by atoms with Crippen molar-refractivity contribution < 1.29 is 13.9 Å². The number of methoxy groups -OCH3 is 1. The molecule has 1 aliphatic rings. The number of nitriles is 1. The zero-order valence-electron chi connectivity index (χ0n) is 15.9. The average molecular weight is 395 g/mol. The van der Waals surface area contributed by atoms with Crippen LogP contribution in [0.2, 0.25) is 0 Å². The van der Waals surface area contributed by atoms with Gasteiger partial charge in [-0.2, -0.15) is 5.26 Å². The third-order valence-electron chi connectivity index (χ3n) is 4.36. The molecule has 3 rings (SSSR count). The second-order valence-corrected chi connectivity index (χ2v) is 7.33. The Labute approximate surface area is 168 Å². The highest BCUT2D eigenvalue weighted by molar-refractivity contribution is 8.03. The fourth-order valence-electron chi connectivity index (χ4n) is 3.15. The lowest BCUT2D eigenvalue weighted by atomic mass is 9.85. The van der Waals surface area contributed by atoms with Gasteiger partial charge in [-0.25, -0.2) is 0 Å². The minimum absolute atomic E-state index is 0.316. The summed E-state index contributed by atoms with van der Waals surface area (Å²) >= 11 is 1.53. The molecule has 1 aliphatic heterocycles. The third-order valence-corrected chi connectivity index (χ3v) is 5.26. The first-order chi connectivity index (χ1) is 13.6. The van der Waals surface area contributed by atoms with Crippen molar-refractivity contribution in [2.24, 2.45) is 0 Å². The Morgan fingerprint density at radius 1 is 1.36 bits per heavy atom. The molecule has 1 amide bonds. The predicted octanol–water partition coefficient (Wildman–Crippen LogP) is 4.38. The molecule has 144 valence electrons. The highest BCUT2D eigenvalue weighted by Crippen LogP contribution is 2.41. The van der Waals surface area contributed by atoms with E-state index in [1.165, 1.54) is 11.8 Å². The number of allylic oxidation sites excluding steroid dienone is 2. The van der Waals surface area contributed by atoms with E-state index in [9.17, 15) is 10.1 Å². The van der Waals surface area contributed by atoms with E-state index in [2.05, 4.69) is 16.7 Å². The lowest BCUT2D eigenvalue weighted by molar-refractivity contribution is -0.113. The van der Waals surface area contributed by atoms with Gasteiger partial charge in [0.2, 0.25) is 0 Å². The van der Waals surface area contributed by atoms with Crippen molar-refractivity contribution in [2.45, 2.75) is 19.8 Å². The number of benzene rings is 1. The number of nitrogens with zero attached hydrogens (tertiary/aromatic N) is 1. The van der Waals surface area contributed by atoms with Crippen molar-refractivity contribution in [3.05, 3.63) is 70.3 Å². The fourth-order valence-corrected chi connectivity index (χ4v) is 3.98. The Morgan fingerprint density at radius 2 is 2.14 bits per heavy atom. The number of furan rings is 1. The number of amides is 1. The molecule has 1 aromatic carbocycles. The zero-order chi connectivity index (χ0) is 20.1. The number of rotatable bonds is 6. The number of hydrogen-bond acceptors (Lipinski definition) is 6. The molecule has 0 radical (unpaired) electrons. The second-order valence-electron chi connectivity index (χ2n) is 6.05. The molecule has 0 unspecified atom stereocenters. The molecule has 1 atom stereocenters. The number of nitrogens with one attached hydrogen (secondary N) is 2. The predicted molar refractivity (Wildman–Crippen MR) is 110 cm³/mol. The molecule has 1 aromatic heterocycles. The van der Waals surface area contributed by atoms with Gasteiger partial charge < -0.3 is 19.8 Å². The third kappa shape index (κ3) is 3.78. The molecule has 6 nitrogen and oxygen atoms in total. The lowest BCUT2D eigenvalue weighted by Gasteiger charge is -2.28. The molecule has 28 heavy (non-hydrogen) atoms. The van der Waals surface area contributed by atoms with Crippen LogP contribution >= 0.6 is 11.8 Å². The highest BCUT2D eigenvalue weighted by atomic mass is 32.2. The number of para-hydroxylation sites is 2. The number of thioether (sulfide) groups is 1. The van der Waals surface area contributed by atoms with Crippen LogP contribution in [-0.4, -0.2) is 18.8 Å². The van der Waals surface area contributed by atoms with Crippen LogP contribution in [0.4, 0.5) is 5.69 Å². The molecule has 0 spiro atoms. The van der Waals surface area contributed by atoms with Crippen molar-refractivity contribution in [1.29, 1.82) is 5.26 Å². The largest absolute Gasteiger partial charge is 0.495 e. The number of ether oxygens (including phenoxy) is 1. The molecule has 2 heterocycles. The Morgan fingerprint density at radius 3 is 2.79 bits per heavy atom. The van der Waals surface area contributed by atoms with Crippen LogP contribution in [0.15, 0.2) is 69.0 Å². The SMILES string of the molecule is CCSC1=C(C#N)[C@@H](c2ccco2)C(C(=O)Nc2ccccc2OC)=C(C)N1. The molecule has 7 heteroatoms. The van der Waals surface area contributed by atoms with Crippen LogP contribution < -0.4 is 15.4 Å². The number of anilines is 1. The van der Waals surface area contributed by atoms with Gasteiger partial charge in [0.1, 0.15) is 11.5 Å². The quantitative estimate of drug-likeness (QED) is 0.755. The first kappa shape index (κ1) is 19.6. The van der Waals surface area contributed by atoms with E-state index in [-0.39, 0.29) is 5.91 Å². The van der Waals surface area contributed by atoms with Crippen LogP contribution in [0, 0.1) is 11.3 Å². The molecule has 0 saturated heterocycles. The van der Waals surface area contributed by atoms with E-state index < -0.39 is 5.92 Å². The van der Waals surface area contributed by atoms with Crippen molar-refractivity contribution in [3.8, 4) is 11.8 Å². The van der Waals surface area contributed by atoms with Crippen molar-refractivity contribution >= 4 is 23.4 Å². The van der Waals surface area contributed by atoms with Crippen LogP contribution in [0.25, 0.3) is 0 Å². The standard InChI is InChI=1S/C21H21N3O3S/c1-4-28-21-14(12-22)19(17-10-7-11-27-17)18(13(2)23-21)20(25)24-15-8-5-6-9-16(15)26-3/h5-11,19,23H,4H2,1-3H3,(H,24,25)/t19-/m0/s1. The zero-order valence-corrected chi connectivity index (χ0v) is 16.7. The molecule has 0 aliphatic carbocycles. The Balaban J connectivity index is 2.03. The summed E-state index contributed by atoms with van der Waals surface area (Å²) in [6.45, 7) is 3.84. The lowest BCUT2D eigenvalue weighted by Crippen LogP contribution is -2.30. The molecular weight excluding hydrogens is 374 g/mol. The van der Waals surface area contributed by atoms with E-state index in [1.54, 1.807) is 37.6 Å². The van der Waals surface area contributed by atoms with Gasteiger partial charge in [0, 0.05) is 5.70 Å². The maximum atomic E-state index is 13.2. The molecule has 0 bridgehead atoms. The molecule has 0 saturated carbocycles. The number of hydrogen-bond donors (Lipinski definition) is 2. The van der Waals surface area contributed by atoms with E-state index in [0.29, 0.717) is 34.0 Å². The van der Waals surface area contributed by atoms with Crippen LogP contribution in [0.1, 0.15) is 25.5 Å². The normalized spacial score (nSPS) is 16.4. The Bertz CT molecular complexity index is 971. The maximum Gasteiger partial charge on any atom is 0.254 e. The summed E-state index contributed by atoms with van der Waals surface area (Å²) in [5, 5.41) is 16.7. The van der Waals surface area contributed by atoms with E-state index in [0.717, 1.165) is 10.8 Å². The number of carbonyl (C=O) groups excluding carboxylic acids is 1. The van der Waals surface area contributed by atoms with E-state index >= 15 is 0 Å². The van der Waals surface area contributed by atoms with E-state index in [1.807, 2.05) is 26.0 Å². The first-order valence-corrected chi connectivity index (χ1v) is 9.81. The number of dihydropyridines is 1. The van der Waals surface area contributed by atoms with Crippen molar-refractivity contribution in [1.82, 2.24) is 5.32 Å². The van der Waals surface area contributed by atoms with Crippen LogP contribution in [0.3, 0.4) is 0 Å². The molecule has 2 aromatic rings. The van der Waals surface area contributed by atoms with Gasteiger partial charge in [-0.1, -0.05) is 19.1 Å². The summed E-state index contributed by atoms with van der Waals surface area (Å²) in [7, 11) is 1.55. The summed E-state index contributed by atoms with van der Waals surface area (Å²) in [6.07, 6.45) is 1.55. The van der Waals surface area contributed by atoms with Gasteiger partial charge in [-0.3, -0.25) is 4.79 Å². The van der Waals surface area contributed by atoms with Gasteiger partial charge in [0.15, 0.2) is 0 Å². The second kappa shape index (κ2) is 8.72. The van der Waals surface area contributed by atoms with Crippen molar-refractivity contribution in [3.63, 3.8) is 0 Å². The fraction of sp³-hybridized carbons (Fsp3) is 0.238. The van der Waals surface area contributed by atoms with Crippen LogP contribution in [-0.2, 0) is 4.79 Å². The van der Waals surface area contributed by atoms with Gasteiger partial charge in [0.25, 0.3) is 5.91 Å². The van der Waals surface area contributed by atoms with Crippen molar-refractivity contribution in [2.75, 3.05) is 18.2 Å².